The molecule has 3 heterocycles. The zero-order valence-electron chi connectivity index (χ0n) is 11.2. The molecule has 0 amide bonds. The van der Waals surface area contributed by atoms with Gasteiger partial charge in [-0.1, -0.05) is 12.1 Å². The summed E-state index contributed by atoms with van der Waals surface area (Å²) in [4.78, 5) is 12.0. The number of aromatic nitrogens is 3. The third-order valence-electron chi connectivity index (χ3n) is 3.37. The highest BCUT2D eigenvalue weighted by molar-refractivity contribution is 9.10. The van der Waals surface area contributed by atoms with Crippen LogP contribution in [0, 0.1) is 0 Å². The number of hydrogen-bond donors (Lipinski definition) is 1. The van der Waals surface area contributed by atoms with Crippen LogP contribution in [0.25, 0.3) is 21.1 Å². The standard InChI is InChI=1S/C15H10BrN3OS2/c16-10-7-17-13(14-9(10)5-6-21-14)8-22(20)15-18-11-3-1-2-4-12(11)19-15/h1-7H,8H2,(H,18,19). The quantitative estimate of drug-likeness (QED) is 0.567. The van der Waals surface area contributed by atoms with Gasteiger partial charge in [0, 0.05) is 16.1 Å². The predicted molar refractivity (Wildman–Crippen MR) is 93.5 cm³/mol. The molecule has 0 aliphatic carbocycles. The van der Waals surface area contributed by atoms with E-state index >= 15 is 0 Å². The van der Waals surface area contributed by atoms with Crippen molar-refractivity contribution in [1.82, 2.24) is 15.0 Å². The van der Waals surface area contributed by atoms with E-state index < -0.39 is 10.8 Å². The van der Waals surface area contributed by atoms with Crippen LogP contribution in [-0.4, -0.2) is 19.2 Å². The summed E-state index contributed by atoms with van der Waals surface area (Å²) in [5.74, 6) is 0.351. The number of thiophene rings is 1. The smallest absolute Gasteiger partial charge is 0.197 e. The monoisotopic (exact) mass is 391 g/mol. The number of halogens is 1. The first-order chi connectivity index (χ1) is 10.7. The molecule has 7 heteroatoms. The molecule has 4 aromatic rings. The average Bonchev–Trinajstić information content (AvgIpc) is 3.16. The largest absolute Gasteiger partial charge is 0.331 e. The van der Waals surface area contributed by atoms with Crippen LogP contribution in [0.15, 0.2) is 51.5 Å². The Kier molecular flexibility index (Phi) is 3.56. The number of rotatable bonds is 3. The van der Waals surface area contributed by atoms with Gasteiger partial charge in [-0.25, -0.2) is 4.98 Å². The molecule has 1 atom stereocenters. The Morgan fingerprint density at radius 1 is 1.27 bits per heavy atom. The Morgan fingerprint density at radius 2 is 2.14 bits per heavy atom. The van der Waals surface area contributed by atoms with Gasteiger partial charge in [0.2, 0.25) is 0 Å². The molecule has 3 aromatic heterocycles. The number of aromatic amines is 1. The zero-order valence-corrected chi connectivity index (χ0v) is 14.5. The van der Waals surface area contributed by atoms with Crippen LogP contribution in [0.3, 0.4) is 0 Å². The zero-order chi connectivity index (χ0) is 15.1. The maximum Gasteiger partial charge on any atom is 0.197 e. The summed E-state index contributed by atoms with van der Waals surface area (Å²) >= 11 is 5.11. The van der Waals surface area contributed by atoms with E-state index in [2.05, 4.69) is 30.9 Å². The summed E-state index contributed by atoms with van der Waals surface area (Å²) in [6.45, 7) is 0. The molecular formula is C15H10BrN3OS2. The molecule has 0 aliphatic heterocycles. The highest BCUT2D eigenvalue weighted by Gasteiger charge is 2.15. The fraction of sp³-hybridized carbons (Fsp3) is 0.0667. The molecule has 22 heavy (non-hydrogen) atoms. The highest BCUT2D eigenvalue weighted by atomic mass is 79.9. The first-order valence-electron chi connectivity index (χ1n) is 6.56. The minimum atomic E-state index is -1.25. The van der Waals surface area contributed by atoms with Gasteiger partial charge in [0.15, 0.2) is 5.16 Å². The van der Waals surface area contributed by atoms with Crippen molar-refractivity contribution in [3.63, 3.8) is 0 Å². The lowest BCUT2D eigenvalue weighted by molar-refractivity contribution is 0.677. The Hall–Kier alpha value is -1.57. The number of H-pyrrole nitrogens is 1. The number of benzene rings is 1. The van der Waals surface area contributed by atoms with Crippen LogP contribution in [0.4, 0.5) is 0 Å². The number of pyridine rings is 1. The highest BCUT2D eigenvalue weighted by Crippen LogP contribution is 2.30. The molecule has 4 nitrogen and oxygen atoms in total. The number of nitrogens with zero attached hydrogens (tertiary/aromatic N) is 2. The summed E-state index contributed by atoms with van der Waals surface area (Å²) in [7, 11) is -1.25. The van der Waals surface area contributed by atoms with Crippen LogP contribution in [-0.2, 0) is 16.6 Å². The van der Waals surface area contributed by atoms with Crippen molar-refractivity contribution in [3.8, 4) is 0 Å². The predicted octanol–water partition coefficient (Wildman–Crippen LogP) is 4.24. The number of fused-ring (bicyclic) bond motifs is 2. The molecule has 0 aliphatic rings. The van der Waals surface area contributed by atoms with E-state index in [0.29, 0.717) is 10.9 Å². The van der Waals surface area contributed by atoms with Crippen molar-refractivity contribution in [3.05, 3.63) is 52.1 Å². The number of para-hydroxylation sites is 2. The fourth-order valence-corrected chi connectivity index (χ4v) is 4.91. The van der Waals surface area contributed by atoms with Crippen LogP contribution < -0.4 is 0 Å². The van der Waals surface area contributed by atoms with Crippen LogP contribution in [0.1, 0.15) is 5.69 Å². The van der Waals surface area contributed by atoms with Gasteiger partial charge in [-0.2, -0.15) is 0 Å². The van der Waals surface area contributed by atoms with Crippen LogP contribution in [0.2, 0.25) is 0 Å². The van der Waals surface area contributed by atoms with E-state index in [1.807, 2.05) is 35.7 Å². The van der Waals surface area contributed by atoms with E-state index in [4.69, 9.17) is 0 Å². The Labute approximate surface area is 141 Å². The van der Waals surface area contributed by atoms with Crippen LogP contribution >= 0.6 is 27.3 Å². The molecule has 110 valence electrons. The maximum atomic E-state index is 12.6. The molecule has 0 saturated heterocycles. The van der Waals surface area contributed by atoms with E-state index in [9.17, 15) is 4.21 Å². The van der Waals surface area contributed by atoms with E-state index in [1.54, 1.807) is 17.5 Å². The van der Waals surface area contributed by atoms with E-state index in [0.717, 1.165) is 31.3 Å². The minimum absolute atomic E-state index is 0.351. The summed E-state index contributed by atoms with van der Waals surface area (Å²) in [5.41, 5.74) is 2.57. The van der Waals surface area contributed by atoms with E-state index in [1.165, 1.54) is 0 Å². The van der Waals surface area contributed by atoms with Crippen LogP contribution in [0.5, 0.6) is 0 Å². The third kappa shape index (κ3) is 2.39. The molecule has 4 rings (SSSR count). The van der Waals surface area contributed by atoms with Crippen molar-refractivity contribution in [2.24, 2.45) is 0 Å². The Balaban J connectivity index is 1.71. The lowest BCUT2D eigenvalue weighted by Gasteiger charge is -2.02. The lowest BCUT2D eigenvalue weighted by atomic mass is 10.3. The molecule has 1 aromatic carbocycles. The second kappa shape index (κ2) is 5.57. The van der Waals surface area contributed by atoms with Gasteiger partial charge < -0.3 is 4.98 Å². The van der Waals surface area contributed by atoms with Crippen molar-refractivity contribution in [1.29, 1.82) is 0 Å². The van der Waals surface area contributed by atoms with Crippen molar-refractivity contribution >= 4 is 59.2 Å². The average molecular weight is 392 g/mol. The number of hydrogen-bond acceptors (Lipinski definition) is 4. The molecule has 0 bridgehead atoms. The molecule has 1 unspecified atom stereocenters. The van der Waals surface area contributed by atoms with Gasteiger partial charge in [0.25, 0.3) is 0 Å². The molecule has 0 radical (unpaired) electrons. The summed E-state index contributed by atoms with van der Waals surface area (Å²) in [6, 6.07) is 9.72. The van der Waals surface area contributed by atoms with Gasteiger partial charge in [-0.3, -0.25) is 9.19 Å². The SMILES string of the molecule is O=S(Cc1ncc(Br)c2ccsc12)c1nc2ccccc2[nH]1. The molecular weight excluding hydrogens is 382 g/mol. The number of nitrogens with one attached hydrogen (secondary N) is 1. The van der Waals surface area contributed by atoms with E-state index in [-0.39, 0.29) is 0 Å². The Bertz CT molecular complexity index is 975. The molecule has 0 saturated carbocycles. The number of imidazole rings is 1. The Morgan fingerprint density at radius 3 is 3.00 bits per heavy atom. The van der Waals surface area contributed by atoms with Crippen molar-refractivity contribution < 1.29 is 4.21 Å². The summed E-state index contributed by atoms with van der Waals surface area (Å²) in [6.07, 6.45) is 1.76. The summed E-state index contributed by atoms with van der Waals surface area (Å²) in [5, 5.41) is 3.62. The summed E-state index contributed by atoms with van der Waals surface area (Å²) < 4.78 is 14.6. The van der Waals surface area contributed by atoms with Gasteiger partial charge >= 0.3 is 0 Å². The second-order valence-corrected chi connectivity index (χ2v) is 7.90. The first-order valence-corrected chi connectivity index (χ1v) is 9.55. The third-order valence-corrected chi connectivity index (χ3v) is 6.13. The second-order valence-electron chi connectivity index (χ2n) is 4.77. The molecule has 0 spiro atoms. The minimum Gasteiger partial charge on any atom is -0.331 e. The first kappa shape index (κ1) is 14.0. The molecule has 1 N–H and O–H groups in total. The lowest BCUT2D eigenvalue weighted by Crippen LogP contribution is -2.00. The van der Waals surface area contributed by atoms with Gasteiger partial charge in [-0.15, -0.1) is 11.3 Å². The van der Waals surface area contributed by atoms with Crippen molar-refractivity contribution in [2.75, 3.05) is 0 Å². The van der Waals surface area contributed by atoms with Gasteiger partial charge in [0.05, 0.1) is 38.0 Å². The molecule has 0 fully saturated rings. The maximum absolute atomic E-state index is 12.6. The van der Waals surface area contributed by atoms with Gasteiger partial charge in [-0.05, 0) is 39.5 Å². The van der Waals surface area contributed by atoms with Crippen molar-refractivity contribution in [2.45, 2.75) is 10.9 Å². The normalized spacial score (nSPS) is 13.0. The fourth-order valence-electron chi connectivity index (χ4n) is 2.32. The van der Waals surface area contributed by atoms with Gasteiger partial charge in [0.1, 0.15) is 0 Å². The topological polar surface area (TPSA) is 58.6 Å².